The highest BCUT2D eigenvalue weighted by molar-refractivity contribution is 5.95. The Morgan fingerprint density at radius 1 is 1.17 bits per heavy atom. The van der Waals surface area contributed by atoms with Gasteiger partial charge in [-0.05, 0) is 12.8 Å². The van der Waals surface area contributed by atoms with E-state index in [1.165, 1.54) is 6.92 Å². The molecule has 0 aromatic carbocycles. The summed E-state index contributed by atoms with van der Waals surface area (Å²) in [6.45, 7) is 10.0. The molecule has 0 aromatic heterocycles. The Morgan fingerprint density at radius 3 is 1.89 bits per heavy atom. The fourth-order valence-electron chi connectivity index (χ4n) is 1.94. The van der Waals surface area contributed by atoms with Gasteiger partial charge in [0.2, 0.25) is 0 Å². The van der Waals surface area contributed by atoms with Crippen LogP contribution in [0, 0.1) is 11.3 Å². The van der Waals surface area contributed by atoms with Crippen LogP contribution in [0.5, 0.6) is 0 Å². The molecule has 18 heavy (non-hydrogen) atoms. The van der Waals surface area contributed by atoms with Gasteiger partial charge in [-0.1, -0.05) is 34.6 Å². The van der Waals surface area contributed by atoms with Crippen LogP contribution in [-0.2, 0) is 9.59 Å². The average Bonchev–Trinajstić information content (AvgIpc) is 2.13. The number of aliphatic hydroxyl groups is 2. The van der Waals surface area contributed by atoms with Crippen LogP contribution in [0.2, 0.25) is 0 Å². The van der Waals surface area contributed by atoms with E-state index >= 15 is 0 Å². The summed E-state index contributed by atoms with van der Waals surface area (Å²) in [4.78, 5) is 23.5. The number of rotatable bonds is 6. The number of ketones is 2. The highest BCUT2D eigenvalue weighted by atomic mass is 16.3. The second kappa shape index (κ2) is 5.93. The van der Waals surface area contributed by atoms with E-state index in [1.54, 1.807) is 34.6 Å². The van der Waals surface area contributed by atoms with Crippen molar-refractivity contribution in [2.45, 2.75) is 66.1 Å². The lowest BCUT2D eigenvalue weighted by Crippen LogP contribution is -2.49. The third-order valence-electron chi connectivity index (χ3n) is 2.96. The van der Waals surface area contributed by atoms with E-state index in [4.69, 9.17) is 0 Å². The second-order valence-corrected chi connectivity index (χ2v) is 6.50. The maximum Gasteiger partial charge on any atom is 0.170 e. The number of aliphatic hydroxyl groups excluding tert-OH is 1. The van der Waals surface area contributed by atoms with Crippen molar-refractivity contribution in [2.24, 2.45) is 11.3 Å². The molecule has 0 bridgehead atoms. The molecule has 0 spiro atoms. The second-order valence-electron chi connectivity index (χ2n) is 6.50. The van der Waals surface area contributed by atoms with Crippen molar-refractivity contribution in [2.75, 3.05) is 0 Å². The molecule has 4 heteroatoms. The molecule has 0 heterocycles. The quantitative estimate of drug-likeness (QED) is 0.760. The standard InChI is InChI=1S/C14H26O4/c1-9(2)11(16)8-14(18,7-10(3)15)12(17)13(4,5)6/h9,11,16,18H,7-8H2,1-6H3/t11-,14?/m1/s1. The van der Waals surface area contributed by atoms with Crippen LogP contribution < -0.4 is 0 Å². The van der Waals surface area contributed by atoms with E-state index in [0.29, 0.717) is 0 Å². The molecule has 0 aliphatic heterocycles. The van der Waals surface area contributed by atoms with Gasteiger partial charge < -0.3 is 10.2 Å². The first-order valence-corrected chi connectivity index (χ1v) is 6.35. The van der Waals surface area contributed by atoms with Crippen molar-refractivity contribution < 1.29 is 19.8 Å². The van der Waals surface area contributed by atoms with Gasteiger partial charge in [-0.15, -0.1) is 0 Å². The predicted molar refractivity (Wildman–Crippen MR) is 70.2 cm³/mol. The molecule has 0 radical (unpaired) electrons. The molecule has 4 nitrogen and oxygen atoms in total. The Kier molecular flexibility index (Phi) is 5.69. The Bertz CT molecular complexity index is 314. The first-order valence-electron chi connectivity index (χ1n) is 6.35. The lowest BCUT2D eigenvalue weighted by molar-refractivity contribution is -0.153. The van der Waals surface area contributed by atoms with Gasteiger partial charge in [-0.25, -0.2) is 0 Å². The summed E-state index contributed by atoms with van der Waals surface area (Å²) in [5.41, 5.74) is -2.52. The smallest absolute Gasteiger partial charge is 0.170 e. The highest BCUT2D eigenvalue weighted by Gasteiger charge is 2.44. The van der Waals surface area contributed by atoms with E-state index in [-0.39, 0.29) is 24.5 Å². The van der Waals surface area contributed by atoms with Crippen molar-refractivity contribution in [3.63, 3.8) is 0 Å². The molecule has 0 aliphatic carbocycles. The predicted octanol–water partition coefficient (Wildman–Crippen LogP) is 1.72. The molecule has 0 aromatic rings. The molecule has 0 saturated heterocycles. The fraction of sp³-hybridized carbons (Fsp3) is 0.857. The lowest BCUT2D eigenvalue weighted by Gasteiger charge is -2.34. The van der Waals surface area contributed by atoms with Gasteiger partial charge in [0.15, 0.2) is 5.78 Å². The summed E-state index contributed by atoms with van der Waals surface area (Å²) in [7, 11) is 0. The SMILES string of the molecule is CC(=O)CC(O)(C[C@@H](O)C(C)C)C(=O)C(C)(C)C. The molecule has 2 N–H and O–H groups in total. The molecule has 2 atom stereocenters. The van der Waals surface area contributed by atoms with E-state index in [1.807, 2.05) is 0 Å². The number of hydrogen-bond donors (Lipinski definition) is 2. The Labute approximate surface area is 109 Å². The molecule has 0 aliphatic rings. The van der Waals surface area contributed by atoms with Crippen molar-refractivity contribution in [1.29, 1.82) is 0 Å². The van der Waals surface area contributed by atoms with Crippen LogP contribution in [0.25, 0.3) is 0 Å². The van der Waals surface area contributed by atoms with Gasteiger partial charge >= 0.3 is 0 Å². The minimum absolute atomic E-state index is 0.0729. The number of carbonyl (C=O) groups is 2. The monoisotopic (exact) mass is 258 g/mol. The third-order valence-corrected chi connectivity index (χ3v) is 2.96. The topological polar surface area (TPSA) is 74.6 Å². The van der Waals surface area contributed by atoms with Gasteiger partial charge in [0, 0.05) is 18.3 Å². The number of hydrogen-bond acceptors (Lipinski definition) is 4. The van der Waals surface area contributed by atoms with Crippen molar-refractivity contribution in [1.82, 2.24) is 0 Å². The third kappa shape index (κ3) is 4.86. The molecule has 0 rings (SSSR count). The normalized spacial score (nSPS) is 17.4. The van der Waals surface area contributed by atoms with Crippen LogP contribution in [-0.4, -0.2) is 33.5 Å². The summed E-state index contributed by atoms with van der Waals surface area (Å²) in [6, 6.07) is 0. The zero-order valence-corrected chi connectivity index (χ0v) is 12.3. The van der Waals surface area contributed by atoms with Crippen LogP contribution in [0.1, 0.15) is 54.4 Å². The van der Waals surface area contributed by atoms with Crippen LogP contribution in [0.3, 0.4) is 0 Å². The van der Waals surface area contributed by atoms with Crippen molar-refractivity contribution in [3.8, 4) is 0 Å². The number of carbonyl (C=O) groups excluding carboxylic acids is 2. The van der Waals surface area contributed by atoms with Gasteiger partial charge in [0.05, 0.1) is 6.10 Å². The first kappa shape index (κ1) is 17.3. The van der Waals surface area contributed by atoms with Gasteiger partial charge in [-0.3, -0.25) is 9.59 Å². The summed E-state index contributed by atoms with van der Waals surface area (Å²) in [6.07, 6.45) is -1.15. The summed E-state index contributed by atoms with van der Waals surface area (Å²) >= 11 is 0. The molecule has 0 amide bonds. The molecule has 0 saturated carbocycles. The molecular formula is C14H26O4. The van der Waals surface area contributed by atoms with Gasteiger partial charge in [0.25, 0.3) is 0 Å². The average molecular weight is 258 g/mol. The first-order chi connectivity index (χ1) is 7.90. The Balaban J connectivity index is 5.18. The fourth-order valence-corrected chi connectivity index (χ4v) is 1.94. The maximum atomic E-state index is 12.3. The lowest BCUT2D eigenvalue weighted by atomic mass is 9.74. The summed E-state index contributed by atoms with van der Waals surface area (Å²) in [5, 5.41) is 20.3. The highest BCUT2D eigenvalue weighted by Crippen LogP contribution is 2.30. The summed E-state index contributed by atoms with van der Waals surface area (Å²) in [5.74, 6) is -0.729. The van der Waals surface area contributed by atoms with Crippen molar-refractivity contribution >= 4 is 11.6 Å². The van der Waals surface area contributed by atoms with E-state index < -0.39 is 22.9 Å². The molecular weight excluding hydrogens is 232 g/mol. The van der Waals surface area contributed by atoms with Gasteiger partial charge in [-0.2, -0.15) is 0 Å². The summed E-state index contributed by atoms with van der Waals surface area (Å²) < 4.78 is 0. The van der Waals surface area contributed by atoms with Gasteiger partial charge in [0.1, 0.15) is 11.4 Å². The zero-order chi connectivity index (χ0) is 14.7. The number of Topliss-reactive ketones (excluding diaryl/α,β-unsaturated/α-hetero) is 2. The Hall–Kier alpha value is -0.740. The molecule has 1 unspecified atom stereocenters. The van der Waals surface area contributed by atoms with Crippen LogP contribution in [0.15, 0.2) is 0 Å². The van der Waals surface area contributed by atoms with E-state index in [2.05, 4.69) is 0 Å². The maximum absolute atomic E-state index is 12.3. The van der Waals surface area contributed by atoms with E-state index in [0.717, 1.165) is 0 Å². The Morgan fingerprint density at radius 2 is 1.61 bits per heavy atom. The molecule has 0 fully saturated rings. The zero-order valence-electron chi connectivity index (χ0n) is 12.3. The minimum Gasteiger partial charge on any atom is -0.393 e. The largest absolute Gasteiger partial charge is 0.393 e. The van der Waals surface area contributed by atoms with E-state index in [9.17, 15) is 19.8 Å². The van der Waals surface area contributed by atoms with Crippen LogP contribution >= 0.6 is 0 Å². The minimum atomic E-state index is -1.77. The van der Waals surface area contributed by atoms with Crippen molar-refractivity contribution in [3.05, 3.63) is 0 Å². The van der Waals surface area contributed by atoms with Crippen LogP contribution in [0.4, 0.5) is 0 Å². The molecule has 106 valence electrons.